The number of amides is 1. The van der Waals surface area contributed by atoms with Crippen LogP contribution in [0.3, 0.4) is 0 Å². The van der Waals surface area contributed by atoms with Gasteiger partial charge in [0.25, 0.3) is 0 Å². The highest BCUT2D eigenvalue weighted by molar-refractivity contribution is 7.15. The molecule has 1 aromatic rings. The van der Waals surface area contributed by atoms with Crippen LogP contribution in [0.15, 0.2) is 0 Å². The van der Waals surface area contributed by atoms with Gasteiger partial charge in [0.1, 0.15) is 5.01 Å². The van der Waals surface area contributed by atoms with Crippen LogP contribution in [0.4, 0.5) is 5.13 Å². The summed E-state index contributed by atoms with van der Waals surface area (Å²) in [5.74, 6) is 0.150. The highest BCUT2D eigenvalue weighted by Gasteiger charge is 2.25. The number of carbonyl (C=O) groups excluding carboxylic acids is 1. The third-order valence-electron chi connectivity index (χ3n) is 2.31. The minimum absolute atomic E-state index is 0. The van der Waals surface area contributed by atoms with Crippen LogP contribution < -0.4 is 10.6 Å². The Morgan fingerprint density at radius 3 is 2.88 bits per heavy atom. The zero-order valence-corrected chi connectivity index (χ0v) is 10.7. The van der Waals surface area contributed by atoms with E-state index in [9.17, 15) is 4.79 Å². The second kappa shape index (κ2) is 6.12. The third kappa shape index (κ3) is 3.13. The molecule has 1 aliphatic heterocycles. The van der Waals surface area contributed by atoms with E-state index in [4.69, 9.17) is 0 Å². The summed E-state index contributed by atoms with van der Waals surface area (Å²) in [6, 6.07) is 0. The van der Waals surface area contributed by atoms with Gasteiger partial charge >= 0.3 is 0 Å². The van der Waals surface area contributed by atoms with Gasteiger partial charge in [-0.15, -0.1) is 22.6 Å². The second-order valence-electron chi connectivity index (χ2n) is 3.60. The number of nitrogens with zero attached hydrogens (tertiary/aromatic N) is 2. The molecule has 1 amide bonds. The number of aryl methyl sites for hydroxylation is 1. The smallest absolute Gasteiger partial charge is 0.231 e. The first kappa shape index (κ1) is 13.3. The normalized spacial score (nSPS) is 15.1. The van der Waals surface area contributed by atoms with Gasteiger partial charge in [-0.25, -0.2) is 0 Å². The molecule has 2 N–H and O–H groups in total. The molecule has 1 aliphatic rings. The molecular weight excluding hydrogens is 248 g/mol. The van der Waals surface area contributed by atoms with Gasteiger partial charge in [0, 0.05) is 19.5 Å². The Hall–Kier alpha value is -0.720. The number of rotatable bonds is 4. The zero-order valence-electron chi connectivity index (χ0n) is 9.02. The summed E-state index contributed by atoms with van der Waals surface area (Å²) in [6.07, 6.45) is 1.98. The van der Waals surface area contributed by atoms with Crippen molar-refractivity contribution < 1.29 is 4.79 Å². The van der Waals surface area contributed by atoms with E-state index in [1.165, 1.54) is 11.3 Å². The lowest BCUT2D eigenvalue weighted by atomic mass is 10.0. The lowest BCUT2D eigenvalue weighted by molar-refractivity contribution is -0.121. The highest BCUT2D eigenvalue weighted by Crippen LogP contribution is 2.17. The van der Waals surface area contributed by atoms with Crippen LogP contribution in [-0.2, 0) is 11.2 Å². The average Bonchev–Trinajstić information content (AvgIpc) is 2.49. The van der Waals surface area contributed by atoms with Crippen LogP contribution in [0.5, 0.6) is 0 Å². The van der Waals surface area contributed by atoms with E-state index in [1.54, 1.807) is 0 Å². The number of halogens is 1. The standard InChI is InChI=1S/C9H14N4OS.ClH/c1-2-3-7-12-13-9(15-7)11-8(14)6-4-10-5-6;/h6,10H,2-5H2,1H3,(H,11,13,14);1H. The van der Waals surface area contributed by atoms with Crippen molar-refractivity contribution in [3.63, 3.8) is 0 Å². The number of aromatic nitrogens is 2. The Kier molecular flexibility index (Phi) is 5.11. The van der Waals surface area contributed by atoms with E-state index in [-0.39, 0.29) is 24.2 Å². The highest BCUT2D eigenvalue weighted by atomic mass is 35.5. The largest absolute Gasteiger partial charge is 0.315 e. The molecule has 1 fully saturated rings. The summed E-state index contributed by atoms with van der Waals surface area (Å²) in [7, 11) is 0. The number of carbonyl (C=O) groups is 1. The molecule has 0 spiro atoms. The van der Waals surface area contributed by atoms with Crippen LogP contribution in [-0.4, -0.2) is 29.2 Å². The fourth-order valence-corrected chi connectivity index (χ4v) is 2.14. The molecule has 0 aliphatic carbocycles. The maximum atomic E-state index is 11.5. The minimum atomic E-state index is 0. The predicted molar refractivity (Wildman–Crippen MR) is 66.1 cm³/mol. The van der Waals surface area contributed by atoms with Gasteiger partial charge in [-0.3, -0.25) is 4.79 Å². The molecule has 0 saturated carbocycles. The van der Waals surface area contributed by atoms with Crippen LogP contribution in [0.1, 0.15) is 18.4 Å². The van der Waals surface area contributed by atoms with Crippen LogP contribution in [0, 0.1) is 5.92 Å². The second-order valence-corrected chi connectivity index (χ2v) is 4.66. The molecule has 16 heavy (non-hydrogen) atoms. The van der Waals surface area contributed by atoms with E-state index in [2.05, 4.69) is 27.8 Å². The summed E-state index contributed by atoms with van der Waals surface area (Å²) >= 11 is 1.46. The van der Waals surface area contributed by atoms with Crippen molar-refractivity contribution in [3.05, 3.63) is 5.01 Å². The fourth-order valence-electron chi connectivity index (χ4n) is 1.30. The molecule has 90 valence electrons. The van der Waals surface area contributed by atoms with Crippen molar-refractivity contribution in [3.8, 4) is 0 Å². The van der Waals surface area contributed by atoms with Gasteiger partial charge in [0.15, 0.2) is 0 Å². The fraction of sp³-hybridized carbons (Fsp3) is 0.667. The van der Waals surface area contributed by atoms with Crippen LogP contribution in [0.25, 0.3) is 0 Å². The Bertz CT molecular complexity index is 353. The minimum Gasteiger partial charge on any atom is -0.315 e. The summed E-state index contributed by atoms with van der Waals surface area (Å²) < 4.78 is 0. The van der Waals surface area contributed by atoms with Gasteiger partial charge in [0.2, 0.25) is 11.0 Å². The first-order chi connectivity index (χ1) is 7.29. The molecule has 1 saturated heterocycles. The quantitative estimate of drug-likeness (QED) is 0.852. The molecule has 0 radical (unpaired) electrons. The molecule has 0 unspecified atom stereocenters. The van der Waals surface area contributed by atoms with Crippen molar-refractivity contribution in [2.45, 2.75) is 19.8 Å². The van der Waals surface area contributed by atoms with Crippen molar-refractivity contribution in [1.82, 2.24) is 15.5 Å². The number of anilines is 1. The molecule has 2 heterocycles. The van der Waals surface area contributed by atoms with Gasteiger partial charge in [-0.1, -0.05) is 18.3 Å². The van der Waals surface area contributed by atoms with E-state index < -0.39 is 0 Å². The van der Waals surface area contributed by atoms with Gasteiger partial charge in [0.05, 0.1) is 5.92 Å². The Morgan fingerprint density at radius 1 is 1.56 bits per heavy atom. The maximum absolute atomic E-state index is 11.5. The SMILES string of the molecule is CCCc1nnc(NC(=O)C2CNC2)s1.Cl. The van der Waals surface area contributed by atoms with Crippen molar-refractivity contribution in [2.24, 2.45) is 5.92 Å². The molecule has 1 aromatic heterocycles. The van der Waals surface area contributed by atoms with Crippen LogP contribution in [0.2, 0.25) is 0 Å². The van der Waals surface area contributed by atoms with Gasteiger partial charge < -0.3 is 10.6 Å². The number of hydrogen-bond acceptors (Lipinski definition) is 5. The monoisotopic (exact) mass is 262 g/mol. The topological polar surface area (TPSA) is 66.9 Å². The average molecular weight is 263 g/mol. The predicted octanol–water partition coefficient (Wildman–Crippen LogP) is 1.07. The summed E-state index contributed by atoms with van der Waals surface area (Å²) in [6.45, 7) is 3.64. The molecule has 0 atom stereocenters. The summed E-state index contributed by atoms with van der Waals surface area (Å²) in [5, 5.41) is 15.4. The van der Waals surface area contributed by atoms with E-state index >= 15 is 0 Å². The first-order valence-corrected chi connectivity index (χ1v) is 5.95. The number of nitrogens with one attached hydrogen (secondary N) is 2. The molecule has 0 aromatic carbocycles. The Morgan fingerprint density at radius 2 is 2.31 bits per heavy atom. The van der Waals surface area contributed by atoms with Crippen molar-refractivity contribution >= 4 is 34.8 Å². The lowest BCUT2D eigenvalue weighted by Crippen LogP contribution is -2.48. The van der Waals surface area contributed by atoms with E-state index in [0.29, 0.717) is 5.13 Å². The zero-order chi connectivity index (χ0) is 10.7. The molecule has 7 heteroatoms. The van der Waals surface area contributed by atoms with Crippen LogP contribution >= 0.6 is 23.7 Å². The molecule has 2 rings (SSSR count). The maximum Gasteiger partial charge on any atom is 0.231 e. The Labute approximate surface area is 104 Å². The van der Waals surface area contributed by atoms with Crippen molar-refractivity contribution in [1.29, 1.82) is 0 Å². The molecular formula is C9H15ClN4OS. The summed E-state index contributed by atoms with van der Waals surface area (Å²) in [4.78, 5) is 11.5. The number of hydrogen-bond donors (Lipinski definition) is 2. The van der Waals surface area contributed by atoms with E-state index in [0.717, 1.165) is 30.9 Å². The summed E-state index contributed by atoms with van der Waals surface area (Å²) in [5.41, 5.74) is 0. The van der Waals surface area contributed by atoms with Gasteiger partial charge in [-0.05, 0) is 6.42 Å². The first-order valence-electron chi connectivity index (χ1n) is 5.13. The molecule has 0 bridgehead atoms. The van der Waals surface area contributed by atoms with Gasteiger partial charge in [-0.2, -0.15) is 0 Å². The van der Waals surface area contributed by atoms with E-state index in [1.807, 2.05) is 0 Å². The Balaban J connectivity index is 0.00000128. The third-order valence-corrected chi connectivity index (χ3v) is 3.21. The molecule has 5 nitrogen and oxygen atoms in total. The lowest BCUT2D eigenvalue weighted by Gasteiger charge is -2.24. The van der Waals surface area contributed by atoms with Crippen molar-refractivity contribution in [2.75, 3.05) is 18.4 Å².